The molecular weight excluding hydrogens is 263 g/mol. The van der Waals surface area contributed by atoms with Crippen LogP contribution in [0.2, 0.25) is 0 Å². The fraction of sp³-hybridized carbons (Fsp3) is 1.00. The van der Waals surface area contributed by atoms with E-state index in [0.29, 0.717) is 10.1 Å². The molecule has 3 heteroatoms. The number of rotatable bonds is 1. The molecule has 0 aromatic rings. The number of hydrogen-bond acceptors (Lipinski definition) is 2. The first-order valence-electron chi connectivity index (χ1n) is 4.72. The summed E-state index contributed by atoms with van der Waals surface area (Å²) >= 11 is 2.50. The maximum Gasteiger partial charge on any atom is 0.0632 e. The Morgan fingerprint density at radius 2 is 2.17 bits per heavy atom. The molecule has 1 N–H and O–H groups in total. The first-order chi connectivity index (χ1) is 5.61. The summed E-state index contributed by atoms with van der Waals surface area (Å²) in [4.78, 5) is 2.55. The second-order valence-electron chi connectivity index (χ2n) is 3.92. The Bertz CT molecular complexity index is 138. The molecule has 2 nitrogen and oxygen atoms in total. The first kappa shape index (κ1) is 10.7. The van der Waals surface area contributed by atoms with Crippen LogP contribution in [0, 0.1) is 5.92 Å². The third kappa shape index (κ3) is 2.85. The van der Waals surface area contributed by atoms with Crippen molar-refractivity contribution in [2.45, 2.75) is 30.9 Å². The summed E-state index contributed by atoms with van der Waals surface area (Å²) in [7, 11) is 0. The number of hydrogen-bond donors (Lipinski definition) is 1. The van der Waals surface area contributed by atoms with E-state index >= 15 is 0 Å². The van der Waals surface area contributed by atoms with Crippen LogP contribution >= 0.6 is 22.6 Å². The fourth-order valence-electron chi connectivity index (χ4n) is 1.57. The van der Waals surface area contributed by atoms with Gasteiger partial charge in [0.15, 0.2) is 0 Å². The van der Waals surface area contributed by atoms with Crippen molar-refractivity contribution in [1.82, 2.24) is 10.2 Å². The van der Waals surface area contributed by atoms with E-state index in [9.17, 15) is 0 Å². The highest BCUT2D eigenvalue weighted by molar-refractivity contribution is 14.1. The molecule has 1 aliphatic rings. The standard InChI is InChI=1S/C9H19IN2/c1-7(2)12-5-4-11-9(10)8(3)6-12/h7-9,11H,4-6H2,1-3H3/t8-,9?/m1/s1. The van der Waals surface area contributed by atoms with Crippen molar-refractivity contribution >= 4 is 22.6 Å². The van der Waals surface area contributed by atoms with Crippen LogP contribution in [-0.4, -0.2) is 34.6 Å². The van der Waals surface area contributed by atoms with Gasteiger partial charge in [0.2, 0.25) is 0 Å². The SMILES string of the molecule is CC(C)N1CCNC(I)[C@H](C)C1. The van der Waals surface area contributed by atoms with Gasteiger partial charge >= 0.3 is 0 Å². The van der Waals surface area contributed by atoms with E-state index in [1.165, 1.54) is 13.1 Å². The van der Waals surface area contributed by atoms with Crippen LogP contribution in [0.25, 0.3) is 0 Å². The van der Waals surface area contributed by atoms with E-state index in [1.54, 1.807) is 0 Å². The average Bonchev–Trinajstić information content (AvgIpc) is 2.15. The van der Waals surface area contributed by atoms with Gasteiger partial charge in [-0.15, -0.1) is 0 Å². The summed E-state index contributed by atoms with van der Waals surface area (Å²) < 4.78 is 0.645. The van der Waals surface area contributed by atoms with E-state index in [-0.39, 0.29) is 0 Å². The second kappa shape index (κ2) is 4.77. The van der Waals surface area contributed by atoms with Crippen LogP contribution in [0.3, 0.4) is 0 Å². The van der Waals surface area contributed by atoms with Crippen LogP contribution < -0.4 is 5.32 Å². The molecular formula is C9H19IN2. The first-order valence-corrected chi connectivity index (χ1v) is 5.97. The zero-order valence-corrected chi connectivity index (χ0v) is 10.3. The Morgan fingerprint density at radius 3 is 2.75 bits per heavy atom. The summed E-state index contributed by atoms with van der Waals surface area (Å²) in [6.45, 7) is 10.4. The molecule has 1 rings (SSSR count). The van der Waals surface area contributed by atoms with E-state index in [4.69, 9.17) is 0 Å². The Balaban J connectivity index is 2.48. The molecule has 0 radical (unpaired) electrons. The molecule has 1 unspecified atom stereocenters. The van der Waals surface area contributed by atoms with Gasteiger partial charge in [0.05, 0.1) is 4.05 Å². The molecule has 72 valence electrons. The van der Waals surface area contributed by atoms with Crippen molar-refractivity contribution in [3.05, 3.63) is 0 Å². The van der Waals surface area contributed by atoms with Crippen molar-refractivity contribution in [2.24, 2.45) is 5.92 Å². The normalized spacial score (nSPS) is 33.8. The summed E-state index contributed by atoms with van der Waals surface area (Å²) in [6, 6.07) is 0.691. The van der Waals surface area contributed by atoms with Crippen LogP contribution in [0.4, 0.5) is 0 Å². The van der Waals surface area contributed by atoms with E-state index in [1.807, 2.05) is 0 Å². The minimum atomic E-state index is 0.645. The van der Waals surface area contributed by atoms with Gasteiger partial charge in [0.1, 0.15) is 0 Å². The summed E-state index contributed by atoms with van der Waals surface area (Å²) in [5.74, 6) is 0.760. The smallest absolute Gasteiger partial charge is 0.0632 e. The number of nitrogens with zero attached hydrogens (tertiary/aromatic N) is 1. The molecule has 0 amide bonds. The predicted molar refractivity (Wildman–Crippen MR) is 61.7 cm³/mol. The lowest BCUT2D eigenvalue weighted by atomic mass is 10.1. The average molecular weight is 282 g/mol. The van der Waals surface area contributed by atoms with E-state index in [0.717, 1.165) is 12.5 Å². The molecule has 1 fully saturated rings. The van der Waals surface area contributed by atoms with Crippen LogP contribution in [0.5, 0.6) is 0 Å². The number of nitrogens with one attached hydrogen (secondary N) is 1. The van der Waals surface area contributed by atoms with Gasteiger partial charge in [-0.1, -0.05) is 29.5 Å². The number of alkyl halides is 1. The zero-order chi connectivity index (χ0) is 9.14. The van der Waals surface area contributed by atoms with Gasteiger partial charge in [-0.2, -0.15) is 0 Å². The molecule has 0 aliphatic carbocycles. The van der Waals surface area contributed by atoms with Crippen molar-refractivity contribution in [3.8, 4) is 0 Å². The Hall–Kier alpha value is 0.650. The maximum absolute atomic E-state index is 3.52. The van der Waals surface area contributed by atoms with Crippen LogP contribution in [0.15, 0.2) is 0 Å². The molecule has 2 atom stereocenters. The fourth-order valence-corrected chi connectivity index (χ4v) is 2.11. The van der Waals surface area contributed by atoms with Gasteiger partial charge in [-0.25, -0.2) is 0 Å². The lowest BCUT2D eigenvalue weighted by molar-refractivity contribution is 0.214. The third-order valence-electron chi connectivity index (χ3n) is 2.49. The quantitative estimate of drug-likeness (QED) is 0.447. The largest absolute Gasteiger partial charge is 0.304 e. The summed E-state index contributed by atoms with van der Waals surface area (Å²) in [5, 5.41) is 3.52. The third-order valence-corrected chi connectivity index (χ3v) is 4.16. The molecule has 0 bridgehead atoms. The zero-order valence-electron chi connectivity index (χ0n) is 8.18. The van der Waals surface area contributed by atoms with Gasteiger partial charge in [-0.3, -0.25) is 4.90 Å². The minimum Gasteiger partial charge on any atom is -0.304 e. The lowest BCUT2D eigenvalue weighted by Gasteiger charge is -2.26. The predicted octanol–water partition coefficient (Wildman–Crippen LogP) is 1.70. The molecule has 1 saturated heterocycles. The highest BCUT2D eigenvalue weighted by atomic mass is 127. The topological polar surface area (TPSA) is 15.3 Å². The van der Waals surface area contributed by atoms with Crippen molar-refractivity contribution in [2.75, 3.05) is 19.6 Å². The van der Waals surface area contributed by atoms with Gasteiger partial charge in [-0.05, 0) is 19.8 Å². The van der Waals surface area contributed by atoms with Crippen molar-refractivity contribution < 1.29 is 0 Å². The maximum atomic E-state index is 3.52. The molecule has 0 saturated carbocycles. The van der Waals surface area contributed by atoms with Crippen LogP contribution in [0.1, 0.15) is 20.8 Å². The molecule has 0 spiro atoms. The van der Waals surface area contributed by atoms with E-state index < -0.39 is 0 Å². The highest BCUT2D eigenvalue weighted by Crippen LogP contribution is 2.16. The van der Waals surface area contributed by atoms with Gasteiger partial charge in [0, 0.05) is 25.7 Å². The summed E-state index contributed by atoms with van der Waals surface area (Å²) in [5.41, 5.74) is 0. The molecule has 1 heterocycles. The van der Waals surface area contributed by atoms with Gasteiger partial charge in [0.25, 0.3) is 0 Å². The minimum absolute atomic E-state index is 0.645. The Labute approximate surface area is 89.2 Å². The van der Waals surface area contributed by atoms with Crippen molar-refractivity contribution in [3.63, 3.8) is 0 Å². The van der Waals surface area contributed by atoms with Crippen molar-refractivity contribution in [1.29, 1.82) is 0 Å². The Kier molecular flexibility index (Phi) is 4.26. The van der Waals surface area contributed by atoms with Gasteiger partial charge < -0.3 is 5.32 Å². The molecule has 12 heavy (non-hydrogen) atoms. The Morgan fingerprint density at radius 1 is 1.50 bits per heavy atom. The monoisotopic (exact) mass is 282 g/mol. The molecule has 1 aliphatic heterocycles. The molecule has 0 aromatic carbocycles. The van der Waals surface area contributed by atoms with Crippen LogP contribution in [-0.2, 0) is 0 Å². The van der Waals surface area contributed by atoms with E-state index in [2.05, 4.69) is 53.6 Å². The number of halogens is 1. The highest BCUT2D eigenvalue weighted by Gasteiger charge is 2.22. The second-order valence-corrected chi connectivity index (χ2v) is 5.26. The molecule has 0 aromatic heterocycles. The lowest BCUT2D eigenvalue weighted by Crippen LogP contribution is -2.35. The summed E-state index contributed by atoms with van der Waals surface area (Å²) in [6.07, 6.45) is 0.